The summed E-state index contributed by atoms with van der Waals surface area (Å²) in [5, 5.41) is 2.39. The molecule has 146 valence electrons. The highest BCUT2D eigenvalue weighted by molar-refractivity contribution is 7.17. The van der Waals surface area contributed by atoms with Crippen LogP contribution in [0.4, 0.5) is 0 Å². The lowest BCUT2D eigenvalue weighted by atomic mass is 10.1. The summed E-state index contributed by atoms with van der Waals surface area (Å²) in [6.07, 6.45) is 1.32. The minimum atomic E-state index is -0.441. The van der Waals surface area contributed by atoms with Gasteiger partial charge in [-0.2, -0.15) is 0 Å². The first-order valence-corrected chi connectivity index (χ1v) is 9.94. The van der Waals surface area contributed by atoms with E-state index in [-0.39, 0.29) is 12.2 Å². The number of hydrogen-bond acceptors (Lipinski definition) is 5. The Hall–Kier alpha value is -3.45. The Balaban J connectivity index is 1.56. The van der Waals surface area contributed by atoms with Gasteiger partial charge in [0.1, 0.15) is 16.9 Å². The SMILES string of the molecule is Cc1cc(C)cc(OCC(=O)Nn2cnc3scc(-c4ccccc4)c3c2=O)c1. The Labute approximate surface area is 171 Å². The molecule has 0 aliphatic rings. The predicted molar refractivity (Wildman–Crippen MR) is 115 cm³/mol. The number of benzene rings is 2. The fourth-order valence-electron chi connectivity index (χ4n) is 3.17. The van der Waals surface area contributed by atoms with E-state index in [1.165, 1.54) is 17.7 Å². The predicted octanol–water partition coefficient (Wildman–Crippen LogP) is 3.89. The third-order valence-electron chi connectivity index (χ3n) is 4.39. The molecular weight excluding hydrogens is 386 g/mol. The van der Waals surface area contributed by atoms with Crippen LogP contribution in [0.2, 0.25) is 0 Å². The Kier molecular flexibility index (Phi) is 5.14. The number of nitrogens with zero attached hydrogens (tertiary/aromatic N) is 2. The maximum Gasteiger partial charge on any atom is 0.281 e. The Bertz CT molecular complexity index is 1230. The molecule has 1 N–H and O–H groups in total. The molecule has 7 heteroatoms. The lowest BCUT2D eigenvalue weighted by Gasteiger charge is -2.10. The lowest BCUT2D eigenvalue weighted by Crippen LogP contribution is -2.35. The van der Waals surface area contributed by atoms with Crippen LogP contribution in [-0.2, 0) is 4.79 Å². The molecule has 0 fully saturated rings. The fourth-order valence-corrected chi connectivity index (χ4v) is 4.08. The largest absolute Gasteiger partial charge is 0.484 e. The number of hydrogen-bond donors (Lipinski definition) is 1. The first kappa shape index (κ1) is 18.9. The molecule has 0 bridgehead atoms. The molecule has 29 heavy (non-hydrogen) atoms. The highest BCUT2D eigenvalue weighted by Gasteiger charge is 2.14. The van der Waals surface area contributed by atoms with E-state index in [2.05, 4.69) is 10.4 Å². The van der Waals surface area contributed by atoms with E-state index in [1.807, 2.05) is 67.8 Å². The monoisotopic (exact) mass is 405 g/mol. The van der Waals surface area contributed by atoms with Crippen molar-refractivity contribution in [3.05, 3.63) is 81.7 Å². The molecule has 6 nitrogen and oxygen atoms in total. The van der Waals surface area contributed by atoms with Crippen LogP contribution in [-0.4, -0.2) is 22.2 Å². The summed E-state index contributed by atoms with van der Waals surface area (Å²) in [4.78, 5) is 30.2. The quantitative estimate of drug-likeness (QED) is 0.547. The van der Waals surface area contributed by atoms with Crippen molar-refractivity contribution in [2.75, 3.05) is 12.0 Å². The van der Waals surface area contributed by atoms with Crippen molar-refractivity contribution >= 4 is 27.5 Å². The number of carbonyl (C=O) groups is 1. The topological polar surface area (TPSA) is 73.2 Å². The molecule has 0 atom stereocenters. The maximum absolute atomic E-state index is 13.0. The van der Waals surface area contributed by atoms with E-state index < -0.39 is 5.91 Å². The summed E-state index contributed by atoms with van der Waals surface area (Å²) < 4.78 is 6.67. The van der Waals surface area contributed by atoms with Gasteiger partial charge in [-0.15, -0.1) is 11.3 Å². The van der Waals surface area contributed by atoms with Gasteiger partial charge in [-0.25, -0.2) is 9.66 Å². The van der Waals surface area contributed by atoms with Crippen LogP contribution in [0.1, 0.15) is 11.1 Å². The van der Waals surface area contributed by atoms with Crippen LogP contribution < -0.4 is 15.7 Å². The van der Waals surface area contributed by atoms with Crippen LogP contribution in [0.3, 0.4) is 0 Å². The molecule has 0 unspecified atom stereocenters. The number of aryl methyl sites for hydroxylation is 2. The van der Waals surface area contributed by atoms with Gasteiger partial charge in [0.15, 0.2) is 6.61 Å². The van der Waals surface area contributed by atoms with Crippen molar-refractivity contribution in [2.24, 2.45) is 0 Å². The Morgan fingerprint density at radius 2 is 1.86 bits per heavy atom. The fraction of sp³-hybridized carbons (Fsp3) is 0.136. The zero-order valence-electron chi connectivity index (χ0n) is 16.0. The van der Waals surface area contributed by atoms with Crippen LogP contribution >= 0.6 is 11.3 Å². The average Bonchev–Trinajstić information content (AvgIpc) is 3.13. The van der Waals surface area contributed by atoms with E-state index in [1.54, 1.807) is 0 Å². The van der Waals surface area contributed by atoms with Gasteiger partial charge in [0.2, 0.25) is 0 Å². The molecule has 0 saturated heterocycles. The van der Waals surface area contributed by atoms with Crippen molar-refractivity contribution in [2.45, 2.75) is 13.8 Å². The molecule has 2 heterocycles. The zero-order valence-corrected chi connectivity index (χ0v) is 16.8. The number of nitrogens with one attached hydrogen (secondary N) is 1. The van der Waals surface area contributed by atoms with Crippen molar-refractivity contribution < 1.29 is 9.53 Å². The number of ether oxygens (including phenoxy) is 1. The third kappa shape index (κ3) is 4.05. The van der Waals surface area contributed by atoms with Crippen molar-refractivity contribution in [1.82, 2.24) is 9.66 Å². The first-order chi connectivity index (χ1) is 14.0. The van der Waals surface area contributed by atoms with Gasteiger partial charge in [0, 0.05) is 10.9 Å². The van der Waals surface area contributed by atoms with Crippen molar-refractivity contribution in [1.29, 1.82) is 0 Å². The van der Waals surface area contributed by atoms with Gasteiger partial charge < -0.3 is 4.74 Å². The number of carbonyl (C=O) groups excluding carboxylic acids is 1. The molecule has 0 radical (unpaired) electrons. The smallest absolute Gasteiger partial charge is 0.281 e. The van der Waals surface area contributed by atoms with Gasteiger partial charge in [-0.1, -0.05) is 36.4 Å². The van der Waals surface area contributed by atoms with E-state index in [0.717, 1.165) is 26.9 Å². The molecule has 0 saturated carbocycles. The number of amides is 1. The Morgan fingerprint density at radius 1 is 1.14 bits per heavy atom. The summed E-state index contributed by atoms with van der Waals surface area (Å²) in [6.45, 7) is 3.72. The zero-order chi connectivity index (χ0) is 20.4. The normalized spacial score (nSPS) is 10.8. The second-order valence-electron chi connectivity index (χ2n) is 6.76. The van der Waals surface area contributed by atoms with Crippen LogP contribution in [0.5, 0.6) is 5.75 Å². The van der Waals surface area contributed by atoms with Gasteiger partial charge >= 0.3 is 0 Å². The van der Waals surface area contributed by atoms with Gasteiger partial charge in [0.05, 0.1) is 5.39 Å². The summed E-state index contributed by atoms with van der Waals surface area (Å²) >= 11 is 1.40. The van der Waals surface area contributed by atoms with Crippen molar-refractivity contribution in [3.8, 4) is 16.9 Å². The van der Waals surface area contributed by atoms with E-state index >= 15 is 0 Å². The van der Waals surface area contributed by atoms with Crippen LogP contribution in [0, 0.1) is 13.8 Å². The van der Waals surface area contributed by atoms with E-state index in [9.17, 15) is 9.59 Å². The maximum atomic E-state index is 13.0. The molecule has 0 aliphatic carbocycles. The summed E-state index contributed by atoms with van der Waals surface area (Å²) in [5.41, 5.74) is 6.07. The average molecular weight is 405 g/mol. The van der Waals surface area contributed by atoms with Crippen LogP contribution in [0.15, 0.2) is 65.0 Å². The number of thiophene rings is 1. The molecule has 0 spiro atoms. The first-order valence-electron chi connectivity index (χ1n) is 9.06. The highest BCUT2D eigenvalue weighted by atomic mass is 32.1. The molecule has 2 aromatic carbocycles. The summed E-state index contributed by atoms with van der Waals surface area (Å²) in [6, 6.07) is 15.4. The molecule has 4 aromatic rings. The second kappa shape index (κ2) is 7.89. The number of fused-ring (bicyclic) bond motifs is 1. The third-order valence-corrected chi connectivity index (χ3v) is 5.28. The lowest BCUT2D eigenvalue weighted by molar-refractivity contribution is -0.119. The number of rotatable bonds is 5. The minimum Gasteiger partial charge on any atom is -0.484 e. The Morgan fingerprint density at radius 3 is 2.59 bits per heavy atom. The highest BCUT2D eigenvalue weighted by Crippen LogP contribution is 2.30. The van der Waals surface area contributed by atoms with Gasteiger partial charge in [-0.3, -0.25) is 15.0 Å². The molecule has 4 rings (SSSR count). The molecule has 2 aromatic heterocycles. The molecular formula is C22H19N3O3S. The number of aromatic nitrogens is 2. The standard InChI is InChI=1S/C22H19N3O3S/c1-14-8-15(2)10-17(9-14)28-11-19(26)24-25-13-23-21-20(22(25)27)18(12-29-21)16-6-4-3-5-7-16/h3-10,12-13H,11H2,1-2H3,(H,24,26). The van der Waals surface area contributed by atoms with E-state index in [0.29, 0.717) is 16.0 Å². The van der Waals surface area contributed by atoms with E-state index in [4.69, 9.17) is 4.74 Å². The summed E-state index contributed by atoms with van der Waals surface area (Å²) in [5.74, 6) is 0.173. The van der Waals surface area contributed by atoms with Crippen molar-refractivity contribution in [3.63, 3.8) is 0 Å². The molecule has 0 aliphatic heterocycles. The minimum absolute atomic E-state index is 0.206. The van der Waals surface area contributed by atoms with Gasteiger partial charge in [-0.05, 0) is 42.7 Å². The van der Waals surface area contributed by atoms with Gasteiger partial charge in [0.25, 0.3) is 11.5 Å². The molecule has 1 amide bonds. The van der Waals surface area contributed by atoms with Crippen LogP contribution in [0.25, 0.3) is 21.3 Å². The second-order valence-corrected chi connectivity index (χ2v) is 7.62. The summed E-state index contributed by atoms with van der Waals surface area (Å²) in [7, 11) is 0.